The van der Waals surface area contributed by atoms with Crippen LogP contribution in [-0.4, -0.2) is 47.9 Å². The zero-order valence-electron chi connectivity index (χ0n) is 15.4. The fraction of sp³-hybridized carbons (Fsp3) is 0.421. The first-order valence-corrected chi connectivity index (χ1v) is 9.43. The average molecular weight is 407 g/mol. The standard InChI is InChI=1S/C19H20ClFN4O3/c1-9(10-3-4-13(20)14(21)5-10)25-16(6-15(24-25)18(26)22-2)19(27)23-17-11-7-28-8-12(11)17/h3-6,9,11-12,17H,7-8H2,1-2H3,(H,22,26)(H,23,27)/t9-,11-,12+,17+/m1/s1. The quantitative estimate of drug-likeness (QED) is 0.795. The molecule has 2 amide bonds. The first-order chi connectivity index (χ1) is 13.4. The molecule has 4 atom stereocenters. The second kappa shape index (κ2) is 7.18. The minimum atomic E-state index is -0.554. The number of hydrogen-bond donors (Lipinski definition) is 2. The van der Waals surface area contributed by atoms with Gasteiger partial charge in [-0.3, -0.25) is 14.3 Å². The highest BCUT2D eigenvalue weighted by molar-refractivity contribution is 6.30. The Morgan fingerprint density at radius 3 is 2.64 bits per heavy atom. The van der Waals surface area contributed by atoms with Crippen molar-refractivity contribution in [1.29, 1.82) is 0 Å². The van der Waals surface area contributed by atoms with E-state index < -0.39 is 17.8 Å². The van der Waals surface area contributed by atoms with Gasteiger partial charge < -0.3 is 15.4 Å². The van der Waals surface area contributed by atoms with E-state index in [2.05, 4.69) is 15.7 Å². The van der Waals surface area contributed by atoms with E-state index in [1.807, 2.05) is 0 Å². The van der Waals surface area contributed by atoms with Gasteiger partial charge in [0, 0.05) is 31.0 Å². The summed E-state index contributed by atoms with van der Waals surface area (Å²) < 4.78 is 20.7. The molecule has 2 heterocycles. The van der Waals surface area contributed by atoms with Crippen molar-refractivity contribution in [3.8, 4) is 0 Å². The normalized spacial score (nSPS) is 23.8. The molecular weight excluding hydrogens is 387 g/mol. The van der Waals surface area contributed by atoms with Crippen LogP contribution in [0, 0.1) is 17.7 Å². The molecule has 0 spiro atoms. The Hall–Kier alpha value is -2.45. The molecule has 0 unspecified atom stereocenters. The number of aromatic nitrogens is 2. The predicted molar refractivity (Wildman–Crippen MR) is 99.9 cm³/mol. The number of ether oxygens (including phenoxy) is 1. The smallest absolute Gasteiger partial charge is 0.271 e. The molecular formula is C19H20ClFN4O3. The number of rotatable bonds is 5. The number of nitrogens with zero attached hydrogens (tertiary/aromatic N) is 2. The van der Waals surface area contributed by atoms with E-state index in [0.29, 0.717) is 30.6 Å². The summed E-state index contributed by atoms with van der Waals surface area (Å²) in [7, 11) is 1.49. The minimum Gasteiger partial charge on any atom is -0.381 e. The molecule has 2 fully saturated rings. The molecule has 1 saturated carbocycles. The van der Waals surface area contributed by atoms with Gasteiger partial charge in [0.1, 0.15) is 11.5 Å². The molecule has 1 aromatic heterocycles. The molecule has 7 nitrogen and oxygen atoms in total. The number of amides is 2. The molecule has 1 aliphatic heterocycles. The molecule has 2 aromatic rings. The summed E-state index contributed by atoms with van der Waals surface area (Å²) in [5.74, 6) is -0.577. The predicted octanol–water partition coefficient (Wildman–Crippen LogP) is 2.02. The van der Waals surface area contributed by atoms with Crippen LogP contribution in [0.2, 0.25) is 5.02 Å². The largest absolute Gasteiger partial charge is 0.381 e. The summed E-state index contributed by atoms with van der Waals surface area (Å²) in [6.45, 7) is 3.08. The van der Waals surface area contributed by atoms with Crippen LogP contribution in [-0.2, 0) is 4.74 Å². The van der Waals surface area contributed by atoms with Gasteiger partial charge in [0.25, 0.3) is 11.8 Å². The molecule has 0 radical (unpaired) electrons. The summed E-state index contributed by atoms with van der Waals surface area (Å²) in [6.07, 6.45) is 0. The number of carbonyl (C=O) groups is 2. The Morgan fingerprint density at radius 2 is 2.00 bits per heavy atom. The summed E-state index contributed by atoms with van der Waals surface area (Å²) in [4.78, 5) is 24.9. The van der Waals surface area contributed by atoms with Crippen molar-refractivity contribution in [2.24, 2.45) is 11.8 Å². The molecule has 2 aliphatic rings. The maximum absolute atomic E-state index is 13.9. The highest BCUT2D eigenvalue weighted by atomic mass is 35.5. The van der Waals surface area contributed by atoms with Crippen molar-refractivity contribution in [3.05, 3.63) is 52.1 Å². The van der Waals surface area contributed by atoms with E-state index in [4.69, 9.17) is 16.3 Å². The Balaban J connectivity index is 1.64. The lowest BCUT2D eigenvalue weighted by Gasteiger charge is -2.17. The third kappa shape index (κ3) is 3.27. The van der Waals surface area contributed by atoms with Gasteiger partial charge in [0.2, 0.25) is 0 Å². The van der Waals surface area contributed by atoms with Crippen LogP contribution in [0.5, 0.6) is 0 Å². The van der Waals surface area contributed by atoms with Gasteiger partial charge in [-0.25, -0.2) is 4.39 Å². The molecule has 0 bridgehead atoms. The Kier molecular flexibility index (Phi) is 4.84. The van der Waals surface area contributed by atoms with Crippen molar-refractivity contribution in [2.75, 3.05) is 20.3 Å². The lowest BCUT2D eigenvalue weighted by molar-refractivity contribution is 0.0915. The fourth-order valence-corrected chi connectivity index (χ4v) is 3.81. The van der Waals surface area contributed by atoms with Gasteiger partial charge in [-0.1, -0.05) is 17.7 Å². The van der Waals surface area contributed by atoms with E-state index in [-0.39, 0.29) is 28.4 Å². The average Bonchev–Trinajstić information content (AvgIpc) is 3.10. The van der Waals surface area contributed by atoms with Gasteiger partial charge in [0.05, 0.1) is 24.3 Å². The topological polar surface area (TPSA) is 85.3 Å². The van der Waals surface area contributed by atoms with Crippen molar-refractivity contribution in [2.45, 2.75) is 19.0 Å². The molecule has 1 saturated heterocycles. The van der Waals surface area contributed by atoms with Gasteiger partial charge >= 0.3 is 0 Å². The number of benzene rings is 1. The van der Waals surface area contributed by atoms with Crippen molar-refractivity contribution >= 4 is 23.4 Å². The highest BCUT2D eigenvalue weighted by Crippen LogP contribution is 2.44. The number of nitrogens with one attached hydrogen (secondary N) is 2. The van der Waals surface area contributed by atoms with Gasteiger partial charge in [-0.2, -0.15) is 5.10 Å². The van der Waals surface area contributed by atoms with E-state index in [1.54, 1.807) is 13.0 Å². The Bertz CT molecular complexity index is 937. The molecule has 1 aromatic carbocycles. The third-order valence-corrected chi connectivity index (χ3v) is 5.78. The molecule has 1 aliphatic carbocycles. The maximum Gasteiger partial charge on any atom is 0.271 e. The molecule has 9 heteroatoms. The van der Waals surface area contributed by atoms with E-state index >= 15 is 0 Å². The van der Waals surface area contributed by atoms with Crippen molar-refractivity contribution in [1.82, 2.24) is 20.4 Å². The van der Waals surface area contributed by atoms with Crippen LogP contribution in [0.1, 0.15) is 39.5 Å². The molecule has 2 N–H and O–H groups in total. The fourth-order valence-electron chi connectivity index (χ4n) is 3.69. The van der Waals surface area contributed by atoms with Crippen LogP contribution in [0.4, 0.5) is 4.39 Å². The molecule has 4 rings (SSSR count). The second-order valence-electron chi connectivity index (χ2n) is 7.15. The number of carbonyl (C=O) groups excluding carboxylic acids is 2. The SMILES string of the molecule is CNC(=O)c1cc(C(=O)N[C@H]2[C@@H]3COC[C@@H]32)n([C@H](C)c2ccc(Cl)c(F)c2)n1. The van der Waals surface area contributed by atoms with Crippen LogP contribution in [0.15, 0.2) is 24.3 Å². The highest BCUT2D eigenvalue weighted by Gasteiger charge is 2.55. The second-order valence-corrected chi connectivity index (χ2v) is 7.56. The monoisotopic (exact) mass is 406 g/mol. The zero-order chi connectivity index (χ0) is 20.0. The number of fused-ring (bicyclic) bond motifs is 1. The Labute approximate surface area is 166 Å². The first-order valence-electron chi connectivity index (χ1n) is 9.06. The van der Waals surface area contributed by atoms with Gasteiger partial charge in [0.15, 0.2) is 5.69 Å². The van der Waals surface area contributed by atoms with Gasteiger partial charge in [-0.15, -0.1) is 0 Å². The lowest BCUT2D eigenvalue weighted by Crippen LogP contribution is -2.32. The number of halogens is 2. The first kappa shape index (κ1) is 18.9. The molecule has 28 heavy (non-hydrogen) atoms. The van der Waals surface area contributed by atoms with Crippen LogP contribution in [0.3, 0.4) is 0 Å². The van der Waals surface area contributed by atoms with Crippen LogP contribution < -0.4 is 10.6 Å². The maximum atomic E-state index is 13.9. The zero-order valence-corrected chi connectivity index (χ0v) is 16.2. The lowest BCUT2D eigenvalue weighted by atomic mass is 10.1. The van der Waals surface area contributed by atoms with Crippen molar-refractivity contribution < 1.29 is 18.7 Å². The van der Waals surface area contributed by atoms with E-state index in [0.717, 1.165) is 0 Å². The molecule has 148 valence electrons. The minimum absolute atomic E-state index is 0.0166. The summed E-state index contributed by atoms with van der Waals surface area (Å²) >= 11 is 5.76. The third-order valence-electron chi connectivity index (χ3n) is 5.47. The Morgan fingerprint density at radius 1 is 1.29 bits per heavy atom. The number of hydrogen-bond acceptors (Lipinski definition) is 4. The summed E-state index contributed by atoms with van der Waals surface area (Å²) in [6, 6.07) is 5.48. The summed E-state index contributed by atoms with van der Waals surface area (Å²) in [5.41, 5.74) is 0.944. The van der Waals surface area contributed by atoms with E-state index in [1.165, 1.54) is 29.9 Å². The van der Waals surface area contributed by atoms with Crippen molar-refractivity contribution in [3.63, 3.8) is 0 Å². The van der Waals surface area contributed by atoms with E-state index in [9.17, 15) is 14.0 Å². The van der Waals surface area contributed by atoms with Crippen LogP contribution >= 0.6 is 11.6 Å². The summed E-state index contributed by atoms with van der Waals surface area (Å²) in [5, 5.41) is 9.81. The van der Waals surface area contributed by atoms with Gasteiger partial charge in [-0.05, 0) is 24.6 Å². The van der Waals surface area contributed by atoms with Crippen LogP contribution in [0.25, 0.3) is 0 Å².